The van der Waals surface area contributed by atoms with Crippen molar-refractivity contribution in [3.63, 3.8) is 0 Å². The van der Waals surface area contributed by atoms with E-state index in [2.05, 4.69) is 10.3 Å². The fourth-order valence-corrected chi connectivity index (χ4v) is 2.23. The van der Waals surface area contributed by atoms with Gasteiger partial charge in [0.25, 0.3) is 0 Å². The van der Waals surface area contributed by atoms with Gasteiger partial charge in [-0.3, -0.25) is 9.78 Å². The van der Waals surface area contributed by atoms with Gasteiger partial charge in [0.05, 0.1) is 0 Å². The van der Waals surface area contributed by atoms with Crippen LogP contribution >= 0.6 is 0 Å². The first-order valence-corrected chi connectivity index (χ1v) is 6.10. The molecule has 0 atom stereocenters. The molecule has 0 saturated heterocycles. The maximum atomic E-state index is 11.8. The average molecular weight is 233 g/mol. The Kier molecular flexibility index (Phi) is 3.74. The number of hydrogen-bond donors (Lipinski definition) is 2. The summed E-state index contributed by atoms with van der Waals surface area (Å²) < 4.78 is 0. The number of nitrogens with two attached hydrogens (primary N) is 1. The minimum Gasteiger partial charge on any atom is -0.352 e. The SMILES string of the molecule is NCC1(CC(=O)NCc2ccncc2)CCC1. The van der Waals surface area contributed by atoms with Crippen molar-refractivity contribution >= 4 is 5.91 Å². The van der Waals surface area contributed by atoms with Gasteiger partial charge in [-0.15, -0.1) is 0 Å². The molecule has 1 heterocycles. The van der Waals surface area contributed by atoms with Gasteiger partial charge >= 0.3 is 0 Å². The number of hydrogen-bond acceptors (Lipinski definition) is 3. The Balaban J connectivity index is 1.78. The van der Waals surface area contributed by atoms with Crippen LogP contribution in [0.2, 0.25) is 0 Å². The molecule has 1 aliphatic carbocycles. The molecular weight excluding hydrogens is 214 g/mol. The van der Waals surface area contributed by atoms with E-state index < -0.39 is 0 Å². The average Bonchev–Trinajstić information content (AvgIpc) is 2.33. The first kappa shape index (κ1) is 12.0. The highest BCUT2D eigenvalue weighted by atomic mass is 16.1. The molecule has 0 aromatic carbocycles. The van der Waals surface area contributed by atoms with E-state index in [9.17, 15) is 4.79 Å². The summed E-state index contributed by atoms with van der Waals surface area (Å²) in [6, 6.07) is 3.81. The lowest BCUT2D eigenvalue weighted by Gasteiger charge is -2.40. The van der Waals surface area contributed by atoms with Crippen LogP contribution in [0, 0.1) is 5.41 Å². The molecule has 0 spiro atoms. The van der Waals surface area contributed by atoms with Gasteiger partial charge in [0.2, 0.25) is 5.91 Å². The zero-order chi connectivity index (χ0) is 12.1. The van der Waals surface area contributed by atoms with E-state index in [1.54, 1.807) is 12.4 Å². The van der Waals surface area contributed by atoms with E-state index >= 15 is 0 Å². The van der Waals surface area contributed by atoms with Crippen molar-refractivity contribution < 1.29 is 4.79 Å². The van der Waals surface area contributed by atoms with Crippen LogP contribution in [0.25, 0.3) is 0 Å². The fourth-order valence-electron chi connectivity index (χ4n) is 2.23. The highest BCUT2D eigenvalue weighted by Gasteiger charge is 2.37. The molecule has 0 bridgehead atoms. The van der Waals surface area contributed by atoms with Gasteiger partial charge < -0.3 is 11.1 Å². The summed E-state index contributed by atoms with van der Waals surface area (Å²) in [5.74, 6) is 0.104. The predicted molar refractivity (Wildman–Crippen MR) is 66.0 cm³/mol. The van der Waals surface area contributed by atoms with Crippen molar-refractivity contribution in [3.05, 3.63) is 30.1 Å². The Morgan fingerprint density at radius 2 is 2.12 bits per heavy atom. The summed E-state index contributed by atoms with van der Waals surface area (Å²) in [5.41, 5.74) is 6.89. The van der Waals surface area contributed by atoms with Gasteiger partial charge in [-0.2, -0.15) is 0 Å². The van der Waals surface area contributed by atoms with Crippen molar-refractivity contribution in [1.82, 2.24) is 10.3 Å². The molecule has 1 amide bonds. The smallest absolute Gasteiger partial charge is 0.220 e. The number of carbonyl (C=O) groups excluding carboxylic acids is 1. The summed E-state index contributed by atoms with van der Waals surface area (Å²) in [6.07, 6.45) is 7.41. The Morgan fingerprint density at radius 1 is 1.41 bits per heavy atom. The molecule has 92 valence electrons. The molecular formula is C13H19N3O. The number of nitrogens with one attached hydrogen (secondary N) is 1. The molecule has 3 N–H and O–H groups in total. The monoisotopic (exact) mass is 233 g/mol. The second kappa shape index (κ2) is 5.27. The third-order valence-electron chi connectivity index (χ3n) is 3.62. The standard InChI is InChI=1S/C13H19N3O/c14-10-13(4-1-5-13)8-12(17)16-9-11-2-6-15-7-3-11/h2-3,6-7H,1,4-5,8-10,14H2,(H,16,17). The third-order valence-corrected chi connectivity index (χ3v) is 3.62. The normalized spacial score (nSPS) is 17.2. The Morgan fingerprint density at radius 3 is 2.65 bits per heavy atom. The van der Waals surface area contributed by atoms with Crippen LogP contribution in [-0.4, -0.2) is 17.4 Å². The minimum absolute atomic E-state index is 0.0856. The fraction of sp³-hybridized carbons (Fsp3) is 0.538. The van der Waals surface area contributed by atoms with Gasteiger partial charge in [0, 0.05) is 25.4 Å². The lowest BCUT2D eigenvalue weighted by Crippen LogP contribution is -2.41. The van der Waals surface area contributed by atoms with E-state index in [1.165, 1.54) is 6.42 Å². The lowest BCUT2D eigenvalue weighted by atomic mass is 9.66. The van der Waals surface area contributed by atoms with Gasteiger partial charge in [-0.05, 0) is 42.5 Å². The van der Waals surface area contributed by atoms with E-state index in [-0.39, 0.29) is 11.3 Å². The molecule has 0 radical (unpaired) electrons. The quantitative estimate of drug-likeness (QED) is 0.803. The summed E-state index contributed by atoms with van der Waals surface area (Å²) >= 11 is 0. The number of carbonyl (C=O) groups is 1. The van der Waals surface area contributed by atoms with Crippen molar-refractivity contribution in [2.75, 3.05) is 6.54 Å². The summed E-state index contributed by atoms with van der Waals surface area (Å²) in [5, 5.41) is 2.93. The van der Waals surface area contributed by atoms with E-state index in [0.29, 0.717) is 19.5 Å². The zero-order valence-electron chi connectivity index (χ0n) is 9.98. The van der Waals surface area contributed by atoms with Gasteiger partial charge in [-0.1, -0.05) is 6.42 Å². The minimum atomic E-state index is 0.0856. The van der Waals surface area contributed by atoms with E-state index in [0.717, 1.165) is 18.4 Å². The lowest BCUT2D eigenvalue weighted by molar-refractivity contribution is -0.124. The molecule has 0 unspecified atom stereocenters. The Hall–Kier alpha value is -1.42. The molecule has 4 heteroatoms. The van der Waals surface area contributed by atoms with Crippen LogP contribution < -0.4 is 11.1 Å². The maximum Gasteiger partial charge on any atom is 0.220 e. The number of pyridine rings is 1. The van der Waals surface area contributed by atoms with Crippen LogP contribution in [0.1, 0.15) is 31.2 Å². The van der Waals surface area contributed by atoms with Crippen LogP contribution in [0.5, 0.6) is 0 Å². The molecule has 1 aliphatic rings. The number of nitrogens with zero attached hydrogens (tertiary/aromatic N) is 1. The second-order valence-corrected chi connectivity index (χ2v) is 4.87. The molecule has 2 rings (SSSR count). The molecule has 17 heavy (non-hydrogen) atoms. The van der Waals surface area contributed by atoms with Gasteiger partial charge in [0.1, 0.15) is 0 Å². The maximum absolute atomic E-state index is 11.8. The number of aromatic nitrogens is 1. The summed E-state index contributed by atoms with van der Waals surface area (Å²) in [4.78, 5) is 15.7. The van der Waals surface area contributed by atoms with Crippen LogP contribution in [0.4, 0.5) is 0 Å². The topological polar surface area (TPSA) is 68.0 Å². The second-order valence-electron chi connectivity index (χ2n) is 4.87. The van der Waals surface area contributed by atoms with Gasteiger partial charge in [0.15, 0.2) is 0 Å². The molecule has 4 nitrogen and oxygen atoms in total. The molecule has 1 fully saturated rings. The summed E-state index contributed by atoms with van der Waals surface area (Å²) in [7, 11) is 0. The molecule has 1 aromatic heterocycles. The van der Waals surface area contributed by atoms with Crippen LogP contribution in [-0.2, 0) is 11.3 Å². The van der Waals surface area contributed by atoms with Crippen LogP contribution in [0.3, 0.4) is 0 Å². The summed E-state index contributed by atoms with van der Waals surface area (Å²) in [6.45, 7) is 1.19. The van der Waals surface area contributed by atoms with Crippen molar-refractivity contribution in [1.29, 1.82) is 0 Å². The van der Waals surface area contributed by atoms with Crippen molar-refractivity contribution in [2.24, 2.45) is 11.1 Å². The first-order chi connectivity index (χ1) is 8.24. The number of rotatable bonds is 5. The van der Waals surface area contributed by atoms with Crippen LogP contribution in [0.15, 0.2) is 24.5 Å². The molecule has 0 aliphatic heterocycles. The molecule has 1 saturated carbocycles. The number of amides is 1. The largest absolute Gasteiger partial charge is 0.352 e. The highest BCUT2D eigenvalue weighted by Crippen LogP contribution is 2.42. The molecule has 1 aromatic rings. The third kappa shape index (κ3) is 3.03. The van der Waals surface area contributed by atoms with Crippen molar-refractivity contribution in [2.45, 2.75) is 32.2 Å². The highest BCUT2D eigenvalue weighted by molar-refractivity contribution is 5.76. The van der Waals surface area contributed by atoms with Crippen molar-refractivity contribution in [3.8, 4) is 0 Å². The van der Waals surface area contributed by atoms with E-state index in [1.807, 2.05) is 12.1 Å². The Bertz CT molecular complexity index is 368. The zero-order valence-corrected chi connectivity index (χ0v) is 9.98. The van der Waals surface area contributed by atoms with E-state index in [4.69, 9.17) is 5.73 Å². The predicted octanol–water partition coefficient (Wildman–Crippen LogP) is 1.22. The Labute approximate surface area is 102 Å². The first-order valence-electron chi connectivity index (χ1n) is 6.10. The van der Waals surface area contributed by atoms with Gasteiger partial charge in [-0.25, -0.2) is 0 Å².